The molecule has 2 N–H and O–H groups in total. The zero-order chi connectivity index (χ0) is 15.6. The van der Waals surface area contributed by atoms with Crippen LogP contribution in [0.15, 0.2) is 29.1 Å². The van der Waals surface area contributed by atoms with Gasteiger partial charge in [0.1, 0.15) is 0 Å². The van der Waals surface area contributed by atoms with Crippen molar-refractivity contribution in [3.05, 3.63) is 50.9 Å². The van der Waals surface area contributed by atoms with Crippen LogP contribution in [0.2, 0.25) is 5.02 Å². The molecule has 0 bridgehead atoms. The lowest BCUT2D eigenvalue weighted by molar-refractivity contribution is -0.136. The molecule has 0 amide bonds. The molecule has 0 saturated heterocycles. The summed E-state index contributed by atoms with van der Waals surface area (Å²) >= 11 is 6.13. The molecule has 1 heterocycles. The van der Waals surface area contributed by atoms with Crippen molar-refractivity contribution in [3.8, 4) is 5.69 Å². The molecule has 21 heavy (non-hydrogen) atoms. The summed E-state index contributed by atoms with van der Waals surface area (Å²) < 4.78 is 1.38. The van der Waals surface area contributed by atoms with Gasteiger partial charge in [-0.3, -0.25) is 14.7 Å². The van der Waals surface area contributed by atoms with Gasteiger partial charge < -0.3 is 5.11 Å². The van der Waals surface area contributed by atoms with Gasteiger partial charge in [-0.1, -0.05) is 37.6 Å². The van der Waals surface area contributed by atoms with E-state index < -0.39 is 5.97 Å². The average molecular weight is 309 g/mol. The first-order valence-corrected chi connectivity index (χ1v) is 7.10. The highest BCUT2D eigenvalue weighted by molar-refractivity contribution is 6.32. The number of halogens is 1. The molecular formula is C15H17ClN2O3. The van der Waals surface area contributed by atoms with Crippen LogP contribution in [0.4, 0.5) is 0 Å². The summed E-state index contributed by atoms with van der Waals surface area (Å²) in [7, 11) is 0. The molecule has 0 aliphatic heterocycles. The van der Waals surface area contributed by atoms with E-state index in [0.29, 0.717) is 16.3 Å². The maximum atomic E-state index is 12.5. The van der Waals surface area contributed by atoms with E-state index in [0.717, 1.165) is 5.69 Å². The number of carbonyl (C=O) groups is 1. The summed E-state index contributed by atoms with van der Waals surface area (Å²) in [6.45, 7) is 3.90. The summed E-state index contributed by atoms with van der Waals surface area (Å²) in [5.74, 6) is -0.833. The number of rotatable bonds is 5. The van der Waals surface area contributed by atoms with Gasteiger partial charge in [-0.05, 0) is 24.5 Å². The van der Waals surface area contributed by atoms with Gasteiger partial charge in [0.15, 0.2) is 0 Å². The van der Waals surface area contributed by atoms with Crippen LogP contribution < -0.4 is 5.56 Å². The number of hydrogen-bond acceptors (Lipinski definition) is 2. The van der Waals surface area contributed by atoms with Crippen LogP contribution in [-0.2, 0) is 11.2 Å². The molecule has 0 saturated carbocycles. The Bertz CT molecular complexity index is 716. The predicted octanol–water partition coefficient (Wildman–Crippen LogP) is 2.96. The number of aromatic nitrogens is 2. The molecular weight excluding hydrogens is 292 g/mol. The van der Waals surface area contributed by atoms with E-state index in [4.69, 9.17) is 16.7 Å². The van der Waals surface area contributed by atoms with E-state index in [1.165, 1.54) is 4.68 Å². The molecule has 0 spiro atoms. The predicted molar refractivity (Wildman–Crippen MR) is 81.4 cm³/mol. The Morgan fingerprint density at radius 2 is 2.05 bits per heavy atom. The van der Waals surface area contributed by atoms with Crippen LogP contribution in [0.5, 0.6) is 0 Å². The number of nitrogens with zero attached hydrogens (tertiary/aromatic N) is 1. The molecule has 1 aromatic carbocycles. The highest BCUT2D eigenvalue weighted by atomic mass is 35.5. The lowest BCUT2D eigenvalue weighted by atomic mass is 10.0. The van der Waals surface area contributed by atoms with Crippen LogP contribution >= 0.6 is 11.6 Å². The summed E-state index contributed by atoms with van der Waals surface area (Å²) in [5, 5.41) is 12.3. The standard InChI is InChI=1S/C15H17ClN2O3/c1-9(2)14-10(7-8-13(19)20)15(21)18(17-14)12-6-4-3-5-11(12)16/h3-6,9,17H,7-8H2,1-2H3,(H,19,20). The second-order valence-corrected chi connectivity index (χ2v) is 5.55. The Kier molecular flexibility index (Phi) is 4.53. The monoisotopic (exact) mass is 308 g/mol. The van der Waals surface area contributed by atoms with Crippen LogP contribution in [0.25, 0.3) is 5.69 Å². The summed E-state index contributed by atoms with van der Waals surface area (Å²) in [4.78, 5) is 23.3. The van der Waals surface area contributed by atoms with E-state index in [1.807, 2.05) is 13.8 Å². The zero-order valence-corrected chi connectivity index (χ0v) is 12.6. The molecule has 6 heteroatoms. The number of carboxylic acid groups (broad SMARTS) is 1. The molecule has 2 aromatic rings. The van der Waals surface area contributed by atoms with Crippen LogP contribution in [0.1, 0.15) is 37.4 Å². The third-order valence-corrected chi connectivity index (χ3v) is 3.60. The number of aromatic amines is 1. The van der Waals surface area contributed by atoms with E-state index in [9.17, 15) is 9.59 Å². The Labute approximate surface area is 127 Å². The Morgan fingerprint density at radius 3 is 2.62 bits per heavy atom. The number of benzene rings is 1. The second kappa shape index (κ2) is 6.18. The summed E-state index contributed by atoms with van der Waals surface area (Å²) in [5.41, 5.74) is 1.58. The largest absolute Gasteiger partial charge is 0.481 e. The third kappa shape index (κ3) is 3.19. The van der Waals surface area contributed by atoms with Gasteiger partial charge >= 0.3 is 5.97 Å². The van der Waals surface area contributed by atoms with E-state index in [1.54, 1.807) is 24.3 Å². The lowest BCUT2D eigenvalue weighted by Crippen LogP contribution is -2.18. The normalized spacial score (nSPS) is 11.0. The molecule has 0 fully saturated rings. The van der Waals surface area contributed by atoms with E-state index >= 15 is 0 Å². The highest BCUT2D eigenvalue weighted by Gasteiger charge is 2.19. The fraction of sp³-hybridized carbons (Fsp3) is 0.333. The molecule has 0 unspecified atom stereocenters. The number of aliphatic carboxylic acids is 1. The molecule has 0 aliphatic rings. The Hall–Kier alpha value is -2.01. The zero-order valence-electron chi connectivity index (χ0n) is 11.9. The summed E-state index contributed by atoms with van der Waals surface area (Å²) in [6, 6.07) is 7.02. The van der Waals surface area contributed by atoms with E-state index in [-0.39, 0.29) is 24.3 Å². The second-order valence-electron chi connectivity index (χ2n) is 5.14. The molecule has 0 atom stereocenters. The van der Waals surface area contributed by atoms with Crippen molar-refractivity contribution in [1.82, 2.24) is 9.78 Å². The number of carboxylic acids is 1. The van der Waals surface area contributed by atoms with Crippen molar-refractivity contribution in [1.29, 1.82) is 0 Å². The first kappa shape index (κ1) is 15.4. The van der Waals surface area contributed by atoms with Crippen molar-refractivity contribution in [2.45, 2.75) is 32.6 Å². The molecule has 112 valence electrons. The van der Waals surface area contributed by atoms with Crippen molar-refractivity contribution >= 4 is 17.6 Å². The maximum absolute atomic E-state index is 12.5. The van der Waals surface area contributed by atoms with Gasteiger partial charge in [-0.2, -0.15) is 0 Å². The molecule has 2 rings (SSSR count). The molecule has 5 nitrogen and oxygen atoms in total. The quantitative estimate of drug-likeness (QED) is 0.891. The topological polar surface area (TPSA) is 75.1 Å². The minimum atomic E-state index is -0.922. The summed E-state index contributed by atoms with van der Waals surface area (Å²) in [6.07, 6.45) is 0.130. The maximum Gasteiger partial charge on any atom is 0.303 e. The van der Waals surface area contributed by atoms with Gasteiger partial charge in [0, 0.05) is 17.7 Å². The van der Waals surface area contributed by atoms with Crippen LogP contribution in [0.3, 0.4) is 0 Å². The Morgan fingerprint density at radius 1 is 1.38 bits per heavy atom. The number of para-hydroxylation sites is 1. The lowest BCUT2D eigenvalue weighted by Gasteiger charge is -2.05. The smallest absolute Gasteiger partial charge is 0.303 e. The highest BCUT2D eigenvalue weighted by Crippen LogP contribution is 2.21. The van der Waals surface area contributed by atoms with Crippen molar-refractivity contribution in [2.24, 2.45) is 0 Å². The Balaban J connectivity index is 2.54. The minimum Gasteiger partial charge on any atom is -0.481 e. The van der Waals surface area contributed by atoms with Crippen LogP contribution in [0, 0.1) is 0 Å². The number of hydrogen-bond donors (Lipinski definition) is 2. The van der Waals surface area contributed by atoms with Gasteiger partial charge in [-0.15, -0.1) is 0 Å². The molecule has 1 aromatic heterocycles. The average Bonchev–Trinajstić information content (AvgIpc) is 2.74. The fourth-order valence-electron chi connectivity index (χ4n) is 2.24. The minimum absolute atomic E-state index is 0.0741. The van der Waals surface area contributed by atoms with Crippen LogP contribution in [-0.4, -0.2) is 20.9 Å². The van der Waals surface area contributed by atoms with Crippen molar-refractivity contribution in [3.63, 3.8) is 0 Å². The first-order chi connectivity index (χ1) is 9.91. The van der Waals surface area contributed by atoms with Gasteiger partial charge in [0.25, 0.3) is 5.56 Å². The van der Waals surface area contributed by atoms with Gasteiger partial charge in [-0.25, -0.2) is 4.68 Å². The SMILES string of the molecule is CC(C)c1[nH]n(-c2ccccc2Cl)c(=O)c1CCC(=O)O. The molecule has 0 aliphatic carbocycles. The van der Waals surface area contributed by atoms with Crippen molar-refractivity contribution in [2.75, 3.05) is 0 Å². The van der Waals surface area contributed by atoms with Gasteiger partial charge in [0.05, 0.1) is 10.7 Å². The fourth-order valence-corrected chi connectivity index (χ4v) is 2.46. The third-order valence-electron chi connectivity index (χ3n) is 3.28. The molecule has 0 radical (unpaired) electrons. The first-order valence-electron chi connectivity index (χ1n) is 6.72. The van der Waals surface area contributed by atoms with Crippen molar-refractivity contribution < 1.29 is 9.90 Å². The number of nitrogens with one attached hydrogen (secondary N) is 1. The number of H-pyrrole nitrogens is 1. The van der Waals surface area contributed by atoms with E-state index in [2.05, 4.69) is 5.10 Å². The van der Waals surface area contributed by atoms with Gasteiger partial charge in [0.2, 0.25) is 0 Å².